The normalized spacial score (nSPS) is 20.4. The first-order chi connectivity index (χ1) is 18.3. The molecule has 0 bridgehead atoms. The van der Waals surface area contributed by atoms with Crippen LogP contribution in [0.3, 0.4) is 0 Å². The number of ether oxygens (including phenoxy) is 3. The lowest BCUT2D eigenvalue weighted by Crippen LogP contribution is -2.58. The molecule has 2 fully saturated rings. The van der Waals surface area contributed by atoms with Gasteiger partial charge in [-0.15, -0.1) is 10.2 Å². The zero-order chi connectivity index (χ0) is 26.7. The molecule has 0 unspecified atom stereocenters. The summed E-state index contributed by atoms with van der Waals surface area (Å²) in [4.78, 5) is 19.3. The number of benzene rings is 1. The third kappa shape index (κ3) is 6.13. The van der Waals surface area contributed by atoms with Crippen LogP contribution in [0.5, 0.6) is 5.75 Å². The Balaban J connectivity index is 1.19. The molecule has 38 heavy (non-hydrogen) atoms. The molecule has 0 radical (unpaired) electrons. The number of carbonyl (C=O) groups is 1. The molecule has 10 nitrogen and oxygen atoms in total. The first-order valence-electron chi connectivity index (χ1n) is 13.6. The number of hydrogen-bond acceptors (Lipinski definition) is 9. The van der Waals surface area contributed by atoms with E-state index in [-0.39, 0.29) is 12.9 Å². The lowest BCUT2D eigenvalue weighted by atomic mass is 9.95. The van der Waals surface area contributed by atoms with E-state index in [9.17, 15) is 4.79 Å². The highest BCUT2D eigenvalue weighted by Crippen LogP contribution is 2.36. The van der Waals surface area contributed by atoms with Crippen LogP contribution in [-0.2, 0) is 9.47 Å². The second-order valence-electron chi connectivity index (χ2n) is 11.4. The smallest absolute Gasteiger partial charge is 0.410 e. The molecule has 3 aliphatic heterocycles. The second kappa shape index (κ2) is 11.3. The molecule has 4 heterocycles. The fourth-order valence-corrected chi connectivity index (χ4v) is 5.57. The SMILES string of the molecule is COCOc1ccccc1-c1cc2c(nn1)NC[C@H]1CN(CC3CCN(C(=O)OC(C)(C)C)CC3)CCN21. The van der Waals surface area contributed by atoms with E-state index in [2.05, 4.69) is 31.4 Å². The van der Waals surface area contributed by atoms with E-state index >= 15 is 0 Å². The van der Waals surface area contributed by atoms with Gasteiger partial charge < -0.3 is 29.3 Å². The Labute approximate surface area is 225 Å². The Bertz CT molecular complexity index is 1110. The number of nitrogens with zero attached hydrogens (tertiary/aromatic N) is 5. The number of para-hydroxylation sites is 1. The van der Waals surface area contributed by atoms with Crippen LogP contribution >= 0.6 is 0 Å². The third-order valence-corrected chi connectivity index (χ3v) is 7.43. The minimum Gasteiger partial charge on any atom is -0.467 e. The van der Waals surface area contributed by atoms with Gasteiger partial charge in [-0.3, -0.25) is 4.90 Å². The average molecular weight is 525 g/mol. The number of hydrogen-bond donors (Lipinski definition) is 1. The van der Waals surface area contributed by atoms with E-state index in [1.807, 2.05) is 49.9 Å². The van der Waals surface area contributed by atoms with Crippen molar-refractivity contribution in [3.8, 4) is 17.0 Å². The topological polar surface area (TPSA) is 92.3 Å². The van der Waals surface area contributed by atoms with E-state index in [4.69, 9.17) is 14.2 Å². The second-order valence-corrected chi connectivity index (χ2v) is 11.4. The number of anilines is 2. The van der Waals surface area contributed by atoms with Gasteiger partial charge in [-0.05, 0) is 57.7 Å². The van der Waals surface area contributed by atoms with Crippen molar-refractivity contribution in [2.45, 2.75) is 45.3 Å². The molecule has 2 aromatic rings. The molecule has 1 aromatic heterocycles. The standard InChI is InChI=1S/C28H40N6O4/c1-28(2,3)38-27(35)33-11-9-20(10-12-33)17-32-13-14-34-21(18-32)16-29-26-24(34)15-23(30-31-26)22-7-5-6-8-25(22)37-19-36-4/h5-8,15,20-21H,9-14,16-19H2,1-4H3,(H,29,31)/t21-/m0/s1. The highest BCUT2D eigenvalue weighted by atomic mass is 16.7. The van der Waals surface area contributed by atoms with Crippen molar-refractivity contribution in [1.82, 2.24) is 20.0 Å². The van der Waals surface area contributed by atoms with E-state index in [1.54, 1.807) is 7.11 Å². The number of rotatable bonds is 6. The zero-order valence-corrected chi connectivity index (χ0v) is 23.0. The summed E-state index contributed by atoms with van der Waals surface area (Å²) >= 11 is 0. The molecule has 1 aromatic carbocycles. The first kappa shape index (κ1) is 26.5. The van der Waals surface area contributed by atoms with Crippen LogP contribution in [0, 0.1) is 5.92 Å². The van der Waals surface area contributed by atoms with Crippen molar-refractivity contribution >= 4 is 17.6 Å². The molecule has 1 atom stereocenters. The molecule has 1 N–H and O–H groups in total. The monoisotopic (exact) mass is 524 g/mol. The summed E-state index contributed by atoms with van der Waals surface area (Å²) < 4.78 is 16.4. The summed E-state index contributed by atoms with van der Waals surface area (Å²) in [5.41, 5.74) is 2.34. The molecule has 0 aliphatic carbocycles. The van der Waals surface area contributed by atoms with Gasteiger partial charge in [0.05, 0.1) is 17.4 Å². The number of piperazine rings is 1. The largest absolute Gasteiger partial charge is 0.467 e. The van der Waals surface area contributed by atoms with Gasteiger partial charge in [-0.2, -0.15) is 0 Å². The maximum atomic E-state index is 12.4. The Morgan fingerprint density at radius 3 is 2.66 bits per heavy atom. The molecule has 5 rings (SSSR count). The van der Waals surface area contributed by atoms with Crippen LogP contribution in [-0.4, -0.2) is 97.4 Å². The van der Waals surface area contributed by atoms with Gasteiger partial charge >= 0.3 is 6.09 Å². The third-order valence-electron chi connectivity index (χ3n) is 7.43. The van der Waals surface area contributed by atoms with Gasteiger partial charge in [0, 0.05) is 58.5 Å². The molecule has 0 saturated carbocycles. The van der Waals surface area contributed by atoms with Gasteiger partial charge in [-0.25, -0.2) is 4.79 Å². The Morgan fingerprint density at radius 1 is 1.11 bits per heavy atom. The van der Waals surface area contributed by atoms with Gasteiger partial charge in [0.15, 0.2) is 12.6 Å². The summed E-state index contributed by atoms with van der Waals surface area (Å²) in [5.74, 6) is 2.17. The number of carbonyl (C=O) groups excluding carboxylic acids is 1. The quantitative estimate of drug-likeness (QED) is 0.568. The number of piperidine rings is 1. The minimum absolute atomic E-state index is 0.182. The fourth-order valence-electron chi connectivity index (χ4n) is 5.57. The predicted octanol–water partition coefficient (Wildman–Crippen LogP) is 3.69. The summed E-state index contributed by atoms with van der Waals surface area (Å²) in [5, 5.41) is 12.5. The summed E-state index contributed by atoms with van der Waals surface area (Å²) in [6.45, 7) is 12.4. The van der Waals surface area contributed by atoms with Crippen LogP contribution in [0.4, 0.5) is 16.3 Å². The molecule has 206 valence electrons. The fraction of sp³-hybridized carbons (Fsp3) is 0.607. The van der Waals surface area contributed by atoms with Crippen molar-refractivity contribution in [1.29, 1.82) is 0 Å². The first-order valence-corrected chi connectivity index (χ1v) is 13.6. The van der Waals surface area contributed by atoms with Crippen molar-refractivity contribution in [3.05, 3.63) is 30.3 Å². The summed E-state index contributed by atoms with van der Waals surface area (Å²) in [6, 6.07) is 10.3. The maximum Gasteiger partial charge on any atom is 0.410 e. The molecular formula is C28H40N6O4. The van der Waals surface area contributed by atoms with Crippen molar-refractivity contribution < 1.29 is 19.0 Å². The van der Waals surface area contributed by atoms with Crippen molar-refractivity contribution in [3.63, 3.8) is 0 Å². The number of fused-ring (bicyclic) bond motifs is 3. The van der Waals surface area contributed by atoms with Gasteiger partial charge in [0.1, 0.15) is 11.4 Å². The minimum atomic E-state index is -0.451. The van der Waals surface area contributed by atoms with Gasteiger partial charge in [-0.1, -0.05) is 12.1 Å². The molecule has 3 aliphatic rings. The Kier molecular flexibility index (Phi) is 7.90. The number of likely N-dealkylation sites (tertiary alicyclic amines) is 1. The Morgan fingerprint density at radius 2 is 1.89 bits per heavy atom. The summed E-state index contributed by atoms with van der Waals surface area (Å²) in [7, 11) is 1.61. The Hall–Kier alpha value is -3.11. The van der Waals surface area contributed by atoms with E-state index in [0.29, 0.717) is 12.0 Å². The molecular weight excluding hydrogens is 484 g/mol. The number of methoxy groups -OCH3 is 1. The van der Waals surface area contributed by atoms with Crippen LogP contribution in [0.2, 0.25) is 0 Å². The molecule has 2 saturated heterocycles. The van der Waals surface area contributed by atoms with Gasteiger partial charge in [0.2, 0.25) is 0 Å². The highest BCUT2D eigenvalue weighted by molar-refractivity contribution is 5.76. The van der Waals surface area contributed by atoms with E-state index in [0.717, 1.165) is 87.2 Å². The maximum absolute atomic E-state index is 12.4. The van der Waals surface area contributed by atoms with Crippen LogP contribution < -0.4 is 15.0 Å². The number of amides is 1. The van der Waals surface area contributed by atoms with E-state index < -0.39 is 5.60 Å². The lowest BCUT2D eigenvalue weighted by Gasteiger charge is -2.47. The average Bonchev–Trinajstić information content (AvgIpc) is 2.91. The van der Waals surface area contributed by atoms with Crippen LogP contribution in [0.25, 0.3) is 11.3 Å². The van der Waals surface area contributed by atoms with Crippen molar-refractivity contribution in [2.75, 3.05) is 69.9 Å². The highest BCUT2D eigenvalue weighted by Gasteiger charge is 2.35. The number of nitrogens with one attached hydrogen (secondary N) is 1. The van der Waals surface area contributed by atoms with Gasteiger partial charge in [0.25, 0.3) is 0 Å². The lowest BCUT2D eigenvalue weighted by molar-refractivity contribution is 0.0167. The van der Waals surface area contributed by atoms with Crippen LogP contribution in [0.15, 0.2) is 30.3 Å². The molecule has 10 heteroatoms. The zero-order valence-electron chi connectivity index (χ0n) is 23.0. The van der Waals surface area contributed by atoms with Crippen LogP contribution in [0.1, 0.15) is 33.6 Å². The predicted molar refractivity (Wildman–Crippen MR) is 147 cm³/mol. The molecule has 0 spiro atoms. The van der Waals surface area contributed by atoms with Crippen molar-refractivity contribution in [2.24, 2.45) is 5.92 Å². The van der Waals surface area contributed by atoms with E-state index in [1.165, 1.54) is 0 Å². The number of aromatic nitrogens is 2. The molecule has 1 amide bonds. The summed E-state index contributed by atoms with van der Waals surface area (Å²) in [6.07, 6.45) is 1.86.